The largest absolute Gasteiger partial charge is 0.448 e. The lowest BCUT2D eigenvalue weighted by Gasteiger charge is -2.24. The second-order valence-corrected chi connectivity index (χ2v) is 6.48. The van der Waals surface area contributed by atoms with Gasteiger partial charge in [-0.05, 0) is 12.1 Å². The van der Waals surface area contributed by atoms with Gasteiger partial charge in [0, 0.05) is 24.6 Å². The third-order valence-electron chi connectivity index (χ3n) is 3.51. The molecule has 1 amide bonds. The van der Waals surface area contributed by atoms with Crippen LogP contribution in [0.3, 0.4) is 0 Å². The number of amides is 1. The van der Waals surface area contributed by atoms with Gasteiger partial charge in [-0.15, -0.1) is 0 Å². The Balaban J connectivity index is 2.09. The summed E-state index contributed by atoms with van der Waals surface area (Å²) < 4.78 is 12.4. The molecule has 1 heterocycles. The molecule has 2 rings (SSSR count). The monoisotopic (exact) mass is 293 g/mol. The van der Waals surface area contributed by atoms with Crippen LogP contribution in [0.2, 0.25) is 0 Å². The minimum atomic E-state index is -0.562. The number of quaternary nitrogens is 1. The van der Waals surface area contributed by atoms with Crippen LogP contribution in [-0.4, -0.2) is 43.9 Å². The average molecular weight is 293 g/mol. The summed E-state index contributed by atoms with van der Waals surface area (Å²) in [6, 6.07) is 5.52. The van der Waals surface area contributed by atoms with Gasteiger partial charge in [-0.25, -0.2) is 0 Å². The summed E-state index contributed by atoms with van der Waals surface area (Å²) in [5, 5.41) is 2.90. The highest BCUT2D eigenvalue weighted by Gasteiger charge is 2.38. The molecule has 1 aromatic rings. The van der Waals surface area contributed by atoms with E-state index < -0.39 is 5.79 Å². The summed E-state index contributed by atoms with van der Waals surface area (Å²) in [4.78, 5) is 12.0. The minimum Gasteiger partial charge on any atom is -0.448 e. The molecule has 1 aromatic carbocycles. The van der Waals surface area contributed by atoms with Crippen molar-refractivity contribution in [2.24, 2.45) is 0 Å². The zero-order valence-electron chi connectivity index (χ0n) is 13.5. The number of hydrogen-bond acceptors (Lipinski definition) is 3. The first-order valence-corrected chi connectivity index (χ1v) is 7.39. The molecule has 0 fully saturated rings. The van der Waals surface area contributed by atoms with Crippen molar-refractivity contribution >= 4 is 11.6 Å². The van der Waals surface area contributed by atoms with E-state index in [1.807, 2.05) is 53.2 Å². The number of hydrogen-bond donors (Lipinski definition) is 1. The number of carbonyl (C=O) groups is 1. The van der Waals surface area contributed by atoms with Crippen molar-refractivity contribution in [3.05, 3.63) is 18.2 Å². The van der Waals surface area contributed by atoms with Gasteiger partial charge in [0.1, 0.15) is 0 Å². The van der Waals surface area contributed by atoms with Crippen LogP contribution in [0.4, 0.5) is 5.69 Å². The fourth-order valence-corrected chi connectivity index (χ4v) is 2.34. The molecule has 1 aliphatic rings. The number of benzene rings is 1. The van der Waals surface area contributed by atoms with Crippen molar-refractivity contribution in [3.8, 4) is 11.5 Å². The molecule has 5 heteroatoms. The van der Waals surface area contributed by atoms with E-state index in [1.165, 1.54) is 0 Å². The predicted molar refractivity (Wildman–Crippen MR) is 82.5 cm³/mol. The van der Waals surface area contributed by atoms with Crippen LogP contribution in [0.1, 0.15) is 26.7 Å². The van der Waals surface area contributed by atoms with Crippen molar-refractivity contribution in [1.82, 2.24) is 0 Å². The highest BCUT2D eigenvalue weighted by molar-refractivity contribution is 5.92. The second-order valence-electron chi connectivity index (χ2n) is 6.48. The number of anilines is 1. The number of fused-ring (bicyclic) bond motifs is 1. The standard InChI is InChI=1S/C16H24N2O3/c1-6-16(7-2)20-13-9-8-12(10-14(13)21-16)17-15(19)11-18(3,4)5/h8-10H,6-7,11H2,1-5H3/p+1. The molecule has 5 nitrogen and oxygen atoms in total. The number of carbonyl (C=O) groups excluding carboxylic acids is 1. The molecule has 0 saturated heterocycles. The fourth-order valence-electron chi connectivity index (χ4n) is 2.34. The summed E-state index contributed by atoms with van der Waals surface area (Å²) in [7, 11) is 5.95. The molecule has 21 heavy (non-hydrogen) atoms. The van der Waals surface area contributed by atoms with Gasteiger partial charge in [-0.2, -0.15) is 0 Å². The minimum absolute atomic E-state index is 0.0152. The molecule has 0 aliphatic carbocycles. The second kappa shape index (κ2) is 5.56. The molecule has 1 aliphatic heterocycles. The van der Waals surface area contributed by atoms with E-state index in [4.69, 9.17) is 9.47 Å². The molecule has 0 spiro atoms. The number of nitrogens with zero attached hydrogens (tertiary/aromatic N) is 1. The summed E-state index contributed by atoms with van der Waals surface area (Å²) in [6.07, 6.45) is 1.56. The lowest BCUT2D eigenvalue weighted by molar-refractivity contribution is -0.861. The van der Waals surface area contributed by atoms with Gasteiger partial charge in [0.05, 0.1) is 21.1 Å². The van der Waals surface area contributed by atoms with Gasteiger partial charge in [0.2, 0.25) is 0 Å². The van der Waals surface area contributed by atoms with Crippen LogP contribution >= 0.6 is 0 Å². The Kier molecular flexibility index (Phi) is 4.14. The first-order valence-electron chi connectivity index (χ1n) is 7.39. The third-order valence-corrected chi connectivity index (χ3v) is 3.51. The topological polar surface area (TPSA) is 47.6 Å². The molecule has 0 atom stereocenters. The lowest BCUT2D eigenvalue weighted by atomic mass is 10.1. The number of nitrogens with one attached hydrogen (secondary N) is 1. The van der Waals surface area contributed by atoms with Crippen molar-refractivity contribution < 1.29 is 18.8 Å². The molecule has 0 bridgehead atoms. The number of rotatable bonds is 5. The Bertz CT molecular complexity index is 531. The van der Waals surface area contributed by atoms with Gasteiger partial charge < -0.3 is 19.3 Å². The summed E-state index contributed by atoms with van der Waals surface area (Å²) in [6.45, 7) is 4.50. The number of likely N-dealkylation sites (N-methyl/N-ethyl adjacent to an activating group) is 1. The highest BCUT2D eigenvalue weighted by atomic mass is 16.7. The van der Waals surface area contributed by atoms with E-state index in [2.05, 4.69) is 5.32 Å². The van der Waals surface area contributed by atoms with E-state index in [1.54, 1.807) is 0 Å². The van der Waals surface area contributed by atoms with Crippen LogP contribution in [0.25, 0.3) is 0 Å². The maximum atomic E-state index is 12.0. The maximum Gasteiger partial charge on any atom is 0.279 e. The zero-order chi connectivity index (χ0) is 15.7. The molecular weight excluding hydrogens is 268 g/mol. The Labute approximate surface area is 126 Å². The van der Waals surface area contributed by atoms with Crippen LogP contribution < -0.4 is 14.8 Å². The summed E-state index contributed by atoms with van der Waals surface area (Å²) in [5.74, 6) is 0.858. The van der Waals surface area contributed by atoms with Crippen molar-refractivity contribution in [2.45, 2.75) is 32.5 Å². The molecule has 0 aromatic heterocycles. The van der Waals surface area contributed by atoms with Crippen LogP contribution in [0.15, 0.2) is 18.2 Å². The molecule has 0 radical (unpaired) electrons. The molecule has 1 N–H and O–H groups in total. The number of ether oxygens (including phenoxy) is 2. The molecular formula is C16H25N2O3+. The van der Waals surface area contributed by atoms with E-state index in [0.29, 0.717) is 16.8 Å². The first-order chi connectivity index (χ1) is 9.77. The van der Waals surface area contributed by atoms with Gasteiger partial charge in [-0.1, -0.05) is 13.8 Å². The normalized spacial score (nSPS) is 15.9. The van der Waals surface area contributed by atoms with E-state index in [-0.39, 0.29) is 5.91 Å². The highest BCUT2D eigenvalue weighted by Crippen LogP contribution is 2.43. The van der Waals surface area contributed by atoms with E-state index in [0.717, 1.165) is 24.3 Å². The van der Waals surface area contributed by atoms with E-state index in [9.17, 15) is 4.79 Å². The molecule has 0 saturated carbocycles. The van der Waals surface area contributed by atoms with Crippen molar-refractivity contribution in [3.63, 3.8) is 0 Å². The van der Waals surface area contributed by atoms with Gasteiger partial charge in [0.25, 0.3) is 11.7 Å². The maximum absolute atomic E-state index is 12.0. The van der Waals surface area contributed by atoms with Gasteiger partial charge in [-0.3, -0.25) is 4.79 Å². The quantitative estimate of drug-likeness (QED) is 0.849. The molecule has 116 valence electrons. The fraction of sp³-hybridized carbons (Fsp3) is 0.562. The van der Waals surface area contributed by atoms with Gasteiger partial charge in [0.15, 0.2) is 18.0 Å². The van der Waals surface area contributed by atoms with Gasteiger partial charge >= 0.3 is 0 Å². The van der Waals surface area contributed by atoms with Crippen molar-refractivity contribution in [1.29, 1.82) is 0 Å². The van der Waals surface area contributed by atoms with Crippen LogP contribution in [0.5, 0.6) is 11.5 Å². The SMILES string of the molecule is CCC1(CC)Oc2ccc(NC(=O)C[N+](C)(C)C)cc2O1. The van der Waals surface area contributed by atoms with Crippen molar-refractivity contribution in [2.75, 3.05) is 33.0 Å². The Morgan fingerprint density at radius 3 is 2.33 bits per heavy atom. The zero-order valence-corrected chi connectivity index (χ0v) is 13.5. The predicted octanol–water partition coefficient (Wildman–Crippen LogP) is 2.62. The average Bonchev–Trinajstić information content (AvgIpc) is 2.75. The van der Waals surface area contributed by atoms with Crippen LogP contribution in [0, 0.1) is 0 Å². The lowest BCUT2D eigenvalue weighted by Crippen LogP contribution is -2.41. The summed E-state index contributed by atoms with van der Waals surface area (Å²) >= 11 is 0. The molecule has 0 unspecified atom stereocenters. The Hall–Kier alpha value is -1.75. The van der Waals surface area contributed by atoms with E-state index >= 15 is 0 Å². The van der Waals surface area contributed by atoms with Crippen LogP contribution in [-0.2, 0) is 4.79 Å². The Morgan fingerprint density at radius 1 is 1.14 bits per heavy atom. The summed E-state index contributed by atoms with van der Waals surface area (Å²) in [5.41, 5.74) is 0.735. The smallest absolute Gasteiger partial charge is 0.279 e. The Morgan fingerprint density at radius 2 is 1.76 bits per heavy atom. The first kappa shape index (κ1) is 15.6. The third kappa shape index (κ3) is 3.67.